The maximum atomic E-state index is 12.0. The van der Waals surface area contributed by atoms with Crippen LogP contribution in [0.4, 0.5) is 0 Å². The number of rotatable bonds is 4. The van der Waals surface area contributed by atoms with E-state index >= 15 is 0 Å². The second-order valence-corrected chi connectivity index (χ2v) is 6.08. The van der Waals surface area contributed by atoms with Gasteiger partial charge in [0.05, 0.1) is 16.7 Å². The predicted molar refractivity (Wildman–Crippen MR) is 60.6 cm³/mol. The van der Waals surface area contributed by atoms with Gasteiger partial charge in [0.15, 0.2) is 9.84 Å². The van der Waals surface area contributed by atoms with E-state index in [-0.39, 0.29) is 11.4 Å². The second-order valence-electron chi connectivity index (χ2n) is 3.61. The van der Waals surface area contributed by atoms with Crippen molar-refractivity contribution < 1.29 is 13.2 Å². The highest BCUT2D eigenvalue weighted by molar-refractivity contribution is 7.92. The normalized spacial score (nSPS) is 11.2. The largest absolute Gasteiger partial charge is 0.235 e. The Kier molecular flexibility index (Phi) is 3.99. The molecular weight excluding hydrogens is 226 g/mol. The predicted octanol–water partition coefficient (Wildman–Crippen LogP) is 1.70. The Bertz CT molecular complexity index is 514. The van der Waals surface area contributed by atoms with Gasteiger partial charge in [-0.3, -0.25) is 0 Å². The third-order valence-electron chi connectivity index (χ3n) is 2.21. The van der Waals surface area contributed by atoms with Gasteiger partial charge in [-0.2, -0.15) is 0 Å². The summed E-state index contributed by atoms with van der Waals surface area (Å²) < 4.78 is 24.0. The Morgan fingerprint density at radius 2 is 1.94 bits per heavy atom. The van der Waals surface area contributed by atoms with Crippen molar-refractivity contribution in [3.8, 4) is 0 Å². The first-order valence-electron chi connectivity index (χ1n) is 4.85. The number of benzene rings is 1. The van der Waals surface area contributed by atoms with Crippen molar-refractivity contribution in [2.24, 2.45) is 4.99 Å². The molecule has 0 heterocycles. The topological polar surface area (TPSA) is 63.6 Å². The fourth-order valence-corrected chi connectivity index (χ4v) is 2.56. The van der Waals surface area contributed by atoms with Crippen molar-refractivity contribution in [2.45, 2.75) is 30.5 Å². The van der Waals surface area contributed by atoms with E-state index in [1.807, 2.05) is 0 Å². The van der Waals surface area contributed by atoms with Crippen LogP contribution in [0.5, 0.6) is 0 Å². The lowest BCUT2D eigenvalue weighted by molar-refractivity contribution is 0.562. The first-order valence-corrected chi connectivity index (χ1v) is 6.40. The third kappa shape index (κ3) is 2.56. The fourth-order valence-electron chi connectivity index (χ4n) is 1.28. The summed E-state index contributed by atoms with van der Waals surface area (Å²) in [6, 6.07) is 6.56. The van der Waals surface area contributed by atoms with Gasteiger partial charge < -0.3 is 0 Å². The minimum atomic E-state index is -3.33. The maximum absolute atomic E-state index is 12.0. The zero-order valence-electron chi connectivity index (χ0n) is 9.17. The van der Waals surface area contributed by atoms with Crippen LogP contribution in [0.3, 0.4) is 0 Å². The van der Waals surface area contributed by atoms with Crippen LogP contribution in [0.15, 0.2) is 34.2 Å². The average molecular weight is 239 g/mol. The van der Waals surface area contributed by atoms with Crippen molar-refractivity contribution in [1.82, 2.24) is 0 Å². The van der Waals surface area contributed by atoms with E-state index in [9.17, 15) is 13.2 Å². The van der Waals surface area contributed by atoms with E-state index in [4.69, 9.17) is 0 Å². The van der Waals surface area contributed by atoms with Crippen molar-refractivity contribution in [2.75, 3.05) is 0 Å². The molecule has 86 valence electrons. The Morgan fingerprint density at radius 3 is 2.50 bits per heavy atom. The molecule has 0 aromatic heterocycles. The third-order valence-corrected chi connectivity index (χ3v) is 4.47. The quantitative estimate of drug-likeness (QED) is 0.593. The maximum Gasteiger partial charge on any atom is 0.235 e. The molecule has 0 aliphatic heterocycles. The van der Waals surface area contributed by atoms with Crippen LogP contribution in [0, 0.1) is 0 Å². The zero-order valence-corrected chi connectivity index (χ0v) is 9.99. The molecule has 0 saturated carbocycles. The molecule has 0 N–H and O–H groups in total. The van der Waals surface area contributed by atoms with Crippen molar-refractivity contribution in [1.29, 1.82) is 0 Å². The van der Waals surface area contributed by atoms with Gasteiger partial charge >= 0.3 is 0 Å². The fraction of sp³-hybridized carbons (Fsp3) is 0.364. The number of isocyanates is 1. The van der Waals surface area contributed by atoms with Crippen molar-refractivity contribution in [3.63, 3.8) is 0 Å². The van der Waals surface area contributed by atoms with E-state index < -0.39 is 15.1 Å². The van der Waals surface area contributed by atoms with Gasteiger partial charge in [-0.25, -0.2) is 18.2 Å². The molecule has 0 aliphatic carbocycles. The zero-order chi connectivity index (χ0) is 12.2. The van der Waals surface area contributed by atoms with Gasteiger partial charge in [-0.1, -0.05) is 18.2 Å². The van der Waals surface area contributed by atoms with Gasteiger partial charge in [0.1, 0.15) is 0 Å². The SMILES string of the molecule is CC(C)S(=O)(=O)c1ccccc1CN=C=O. The molecule has 1 aromatic carbocycles. The number of sulfone groups is 1. The molecule has 4 nitrogen and oxygen atoms in total. The number of carbonyl (C=O) groups excluding carboxylic acids is 1. The number of hydrogen-bond acceptors (Lipinski definition) is 4. The van der Waals surface area contributed by atoms with Crippen LogP contribution >= 0.6 is 0 Å². The van der Waals surface area contributed by atoms with E-state index in [1.54, 1.807) is 32.0 Å². The molecule has 0 bridgehead atoms. The second kappa shape index (κ2) is 5.05. The molecule has 0 spiro atoms. The summed E-state index contributed by atoms with van der Waals surface area (Å²) in [7, 11) is -3.33. The van der Waals surface area contributed by atoms with Crippen molar-refractivity contribution in [3.05, 3.63) is 29.8 Å². The lowest BCUT2D eigenvalue weighted by Crippen LogP contribution is -2.15. The molecule has 0 atom stereocenters. The number of hydrogen-bond donors (Lipinski definition) is 0. The van der Waals surface area contributed by atoms with Crippen LogP contribution in [0.2, 0.25) is 0 Å². The summed E-state index contributed by atoms with van der Waals surface area (Å²) >= 11 is 0. The lowest BCUT2D eigenvalue weighted by atomic mass is 10.2. The van der Waals surface area contributed by atoms with Crippen LogP contribution in [-0.4, -0.2) is 19.7 Å². The molecule has 16 heavy (non-hydrogen) atoms. The highest BCUT2D eigenvalue weighted by Gasteiger charge is 2.21. The smallest absolute Gasteiger partial charge is 0.223 e. The Hall–Kier alpha value is -1.45. The van der Waals surface area contributed by atoms with E-state index in [1.165, 1.54) is 12.1 Å². The van der Waals surface area contributed by atoms with Crippen LogP contribution in [0.1, 0.15) is 19.4 Å². The molecule has 0 amide bonds. The summed E-state index contributed by atoms with van der Waals surface area (Å²) in [6.07, 6.45) is 1.40. The number of nitrogens with zero attached hydrogens (tertiary/aromatic N) is 1. The summed E-state index contributed by atoms with van der Waals surface area (Å²) in [6.45, 7) is 3.29. The first-order chi connectivity index (χ1) is 7.50. The van der Waals surface area contributed by atoms with Gasteiger partial charge in [0, 0.05) is 0 Å². The molecule has 0 unspecified atom stereocenters. The number of aliphatic imine (C=N–C) groups is 1. The van der Waals surface area contributed by atoms with E-state index in [2.05, 4.69) is 4.99 Å². The molecule has 1 rings (SSSR count). The minimum absolute atomic E-state index is 0.0472. The minimum Gasteiger partial charge on any atom is -0.223 e. The Balaban J connectivity index is 3.28. The van der Waals surface area contributed by atoms with Gasteiger partial charge in [-0.15, -0.1) is 0 Å². The van der Waals surface area contributed by atoms with Gasteiger partial charge in [0.25, 0.3) is 0 Å². The summed E-state index contributed by atoms with van der Waals surface area (Å²) in [4.78, 5) is 13.7. The van der Waals surface area contributed by atoms with Crippen LogP contribution in [-0.2, 0) is 21.2 Å². The molecule has 0 radical (unpaired) electrons. The molecule has 0 saturated heterocycles. The monoisotopic (exact) mass is 239 g/mol. The molecule has 0 aliphatic rings. The standard InChI is InChI=1S/C11H13NO3S/c1-9(2)16(14,15)11-6-4-3-5-10(11)7-12-8-13/h3-6,9H,7H2,1-2H3. The van der Waals surface area contributed by atoms with E-state index in [0.717, 1.165) is 0 Å². The van der Waals surface area contributed by atoms with Gasteiger partial charge in [0.2, 0.25) is 6.08 Å². The summed E-state index contributed by atoms with van der Waals surface area (Å²) in [5, 5.41) is -0.492. The molecular formula is C11H13NO3S. The lowest BCUT2D eigenvalue weighted by Gasteiger charge is -2.10. The van der Waals surface area contributed by atoms with Crippen LogP contribution in [0.25, 0.3) is 0 Å². The van der Waals surface area contributed by atoms with Gasteiger partial charge in [-0.05, 0) is 25.5 Å². The first kappa shape index (κ1) is 12.6. The summed E-state index contributed by atoms with van der Waals surface area (Å²) in [5.41, 5.74) is 0.527. The Morgan fingerprint density at radius 1 is 1.31 bits per heavy atom. The average Bonchev–Trinajstić information content (AvgIpc) is 2.26. The van der Waals surface area contributed by atoms with Crippen LogP contribution < -0.4 is 0 Å². The Labute approximate surface area is 94.9 Å². The molecule has 5 heteroatoms. The highest BCUT2D eigenvalue weighted by Crippen LogP contribution is 2.20. The highest BCUT2D eigenvalue weighted by atomic mass is 32.2. The van der Waals surface area contributed by atoms with Crippen molar-refractivity contribution >= 4 is 15.9 Å². The molecule has 1 aromatic rings. The molecule has 0 fully saturated rings. The summed E-state index contributed by atoms with van der Waals surface area (Å²) in [5.74, 6) is 0. The van der Waals surface area contributed by atoms with E-state index in [0.29, 0.717) is 5.56 Å².